The van der Waals surface area contributed by atoms with Gasteiger partial charge in [-0.25, -0.2) is 4.98 Å². The van der Waals surface area contributed by atoms with Gasteiger partial charge in [0, 0.05) is 24.2 Å². The molecular weight excluding hydrogens is 396 g/mol. The molecule has 0 fully saturated rings. The second-order valence-corrected chi connectivity index (χ2v) is 7.21. The van der Waals surface area contributed by atoms with Gasteiger partial charge in [-0.15, -0.1) is 0 Å². The Morgan fingerprint density at radius 2 is 1.68 bits per heavy atom. The van der Waals surface area contributed by atoms with Crippen LogP contribution in [0, 0.1) is 20.8 Å². The van der Waals surface area contributed by atoms with Gasteiger partial charge in [0.05, 0.1) is 22.3 Å². The highest BCUT2D eigenvalue weighted by Crippen LogP contribution is 2.30. The lowest BCUT2D eigenvalue weighted by Gasteiger charge is -2.09. The highest BCUT2D eigenvalue weighted by Gasteiger charge is 2.20. The SMILES string of the molecule is Cc1cc(-c2cc(C(=O)NCCNC(=O)c3ccccc3)c3c(C)noc3n2)c(C)o1. The van der Waals surface area contributed by atoms with Crippen LogP contribution in [0.25, 0.3) is 22.4 Å². The molecule has 31 heavy (non-hydrogen) atoms. The molecule has 0 spiro atoms. The summed E-state index contributed by atoms with van der Waals surface area (Å²) in [6.45, 7) is 6.02. The molecule has 8 heteroatoms. The van der Waals surface area contributed by atoms with Crippen molar-refractivity contribution in [2.24, 2.45) is 0 Å². The van der Waals surface area contributed by atoms with Gasteiger partial charge in [-0.05, 0) is 45.0 Å². The predicted octanol–water partition coefficient (Wildman–Crippen LogP) is 3.57. The van der Waals surface area contributed by atoms with Crippen LogP contribution in [-0.4, -0.2) is 35.0 Å². The molecule has 0 saturated heterocycles. The average Bonchev–Trinajstić information content (AvgIpc) is 3.32. The van der Waals surface area contributed by atoms with Crippen molar-refractivity contribution in [3.8, 4) is 11.3 Å². The first-order valence-electron chi connectivity index (χ1n) is 9.90. The Bertz CT molecular complexity index is 1260. The Morgan fingerprint density at radius 1 is 0.968 bits per heavy atom. The number of fused-ring (bicyclic) bond motifs is 1. The molecule has 0 aliphatic rings. The molecule has 0 saturated carbocycles. The van der Waals surface area contributed by atoms with Crippen LogP contribution in [0.2, 0.25) is 0 Å². The fourth-order valence-electron chi connectivity index (χ4n) is 3.44. The lowest BCUT2D eigenvalue weighted by Crippen LogP contribution is -2.34. The molecule has 0 aliphatic carbocycles. The Morgan fingerprint density at radius 3 is 2.35 bits per heavy atom. The van der Waals surface area contributed by atoms with Gasteiger partial charge >= 0.3 is 0 Å². The van der Waals surface area contributed by atoms with E-state index in [0.717, 1.165) is 11.3 Å². The molecule has 8 nitrogen and oxygen atoms in total. The molecule has 0 radical (unpaired) electrons. The summed E-state index contributed by atoms with van der Waals surface area (Å²) in [5, 5.41) is 10.1. The summed E-state index contributed by atoms with van der Waals surface area (Å²) < 4.78 is 10.9. The lowest BCUT2D eigenvalue weighted by atomic mass is 10.1. The first-order chi connectivity index (χ1) is 14.9. The number of benzene rings is 1. The second-order valence-electron chi connectivity index (χ2n) is 7.21. The Kier molecular flexibility index (Phi) is 5.53. The van der Waals surface area contributed by atoms with Gasteiger partial charge in [0.1, 0.15) is 11.5 Å². The van der Waals surface area contributed by atoms with Crippen LogP contribution < -0.4 is 10.6 Å². The van der Waals surface area contributed by atoms with E-state index in [2.05, 4.69) is 20.8 Å². The summed E-state index contributed by atoms with van der Waals surface area (Å²) in [5.41, 5.74) is 3.21. The van der Waals surface area contributed by atoms with E-state index >= 15 is 0 Å². The van der Waals surface area contributed by atoms with E-state index < -0.39 is 0 Å². The van der Waals surface area contributed by atoms with Gasteiger partial charge < -0.3 is 19.6 Å². The molecule has 0 atom stereocenters. The molecule has 2 amide bonds. The van der Waals surface area contributed by atoms with Crippen LogP contribution >= 0.6 is 0 Å². The highest BCUT2D eigenvalue weighted by molar-refractivity contribution is 6.07. The van der Waals surface area contributed by atoms with E-state index in [9.17, 15) is 9.59 Å². The monoisotopic (exact) mass is 418 g/mol. The number of pyridine rings is 1. The van der Waals surface area contributed by atoms with Crippen molar-refractivity contribution in [1.29, 1.82) is 0 Å². The maximum absolute atomic E-state index is 13.0. The third kappa shape index (κ3) is 4.18. The van der Waals surface area contributed by atoms with Gasteiger partial charge in [-0.3, -0.25) is 9.59 Å². The fraction of sp³-hybridized carbons (Fsp3) is 0.217. The van der Waals surface area contributed by atoms with Crippen molar-refractivity contribution in [2.75, 3.05) is 13.1 Å². The van der Waals surface area contributed by atoms with Crippen LogP contribution in [0.15, 0.2) is 51.4 Å². The van der Waals surface area contributed by atoms with E-state index in [1.54, 1.807) is 37.3 Å². The molecule has 0 unspecified atom stereocenters. The number of rotatable bonds is 6. The summed E-state index contributed by atoms with van der Waals surface area (Å²) in [6.07, 6.45) is 0. The molecule has 158 valence electrons. The molecule has 2 N–H and O–H groups in total. The van der Waals surface area contributed by atoms with Crippen molar-refractivity contribution in [2.45, 2.75) is 20.8 Å². The van der Waals surface area contributed by atoms with E-state index in [4.69, 9.17) is 8.94 Å². The zero-order valence-corrected chi connectivity index (χ0v) is 17.5. The average molecular weight is 418 g/mol. The van der Waals surface area contributed by atoms with Crippen molar-refractivity contribution < 1.29 is 18.5 Å². The van der Waals surface area contributed by atoms with Crippen LogP contribution in [-0.2, 0) is 0 Å². The molecular formula is C23H22N4O4. The highest BCUT2D eigenvalue weighted by atomic mass is 16.5. The standard InChI is InChI=1S/C23H22N4O4/c1-13-11-17(15(3)30-13)19-12-18(20-14(2)27-31-23(20)26-19)22(29)25-10-9-24-21(28)16-7-5-4-6-8-16/h4-8,11-12H,9-10H2,1-3H3,(H,24,28)(H,25,29). The second kappa shape index (κ2) is 8.43. The van der Waals surface area contributed by atoms with Gasteiger partial charge in [0.25, 0.3) is 17.5 Å². The molecule has 0 bridgehead atoms. The van der Waals surface area contributed by atoms with E-state index in [-0.39, 0.29) is 24.1 Å². The first-order valence-corrected chi connectivity index (χ1v) is 9.90. The topological polar surface area (TPSA) is 110 Å². The minimum atomic E-state index is -0.299. The largest absolute Gasteiger partial charge is 0.466 e. The number of hydrogen-bond donors (Lipinski definition) is 2. The number of furan rings is 1. The first kappa shape index (κ1) is 20.3. The molecule has 3 aromatic heterocycles. The number of amides is 2. The molecule has 3 heterocycles. The number of aromatic nitrogens is 2. The van der Waals surface area contributed by atoms with Crippen LogP contribution in [0.4, 0.5) is 0 Å². The number of carbonyl (C=O) groups is 2. The predicted molar refractivity (Wildman–Crippen MR) is 115 cm³/mol. The summed E-state index contributed by atoms with van der Waals surface area (Å²) in [7, 11) is 0. The minimum absolute atomic E-state index is 0.191. The Hall–Kier alpha value is -3.94. The van der Waals surface area contributed by atoms with E-state index in [1.165, 1.54) is 0 Å². The zero-order chi connectivity index (χ0) is 22.0. The summed E-state index contributed by atoms with van der Waals surface area (Å²) in [6, 6.07) is 12.5. The number of carbonyl (C=O) groups excluding carboxylic acids is 2. The van der Waals surface area contributed by atoms with Crippen LogP contribution in [0.3, 0.4) is 0 Å². The van der Waals surface area contributed by atoms with Crippen molar-refractivity contribution in [3.63, 3.8) is 0 Å². The van der Waals surface area contributed by atoms with Crippen molar-refractivity contribution in [1.82, 2.24) is 20.8 Å². The number of hydrogen-bond acceptors (Lipinski definition) is 6. The van der Waals surface area contributed by atoms with Crippen molar-refractivity contribution in [3.05, 3.63) is 70.8 Å². The number of nitrogens with zero attached hydrogens (tertiary/aromatic N) is 2. The van der Waals surface area contributed by atoms with Crippen LogP contribution in [0.1, 0.15) is 37.9 Å². The van der Waals surface area contributed by atoms with Crippen LogP contribution in [0.5, 0.6) is 0 Å². The fourth-order valence-corrected chi connectivity index (χ4v) is 3.44. The smallest absolute Gasteiger partial charge is 0.259 e. The molecule has 1 aromatic carbocycles. The summed E-state index contributed by atoms with van der Waals surface area (Å²) in [4.78, 5) is 29.6. The quantitative estimate of drug-likeness (QED) is 0.463. The van der Waals surface area contributed by atoms with E-state index in [1.807, 2.05) is 26.0 Å². The summed E-state index contributed by atoms with van der Waals surface area (Å²) in [5.74, 6) is 0.967. The van der Waals surface area contributed by atoms with Gasteiger partial charge in [-0.1, -0.05) is 23.4 Å². The summed E-state index contributed by atoms with van der Waals surface area (Å²) >= 11 is 0. The van der Waals surface area contributed by atoms with E-state index in [0.29, 0.717) is 40.2 Å². The molecule has 4 rings (SSSR count). The van der Waals surface area contributed by atoms with Gasteiger partial charge in [0.15, 0.2) is 0 Å². The Labute approximate surface area is 178 Å². The van der Waals surface area contributed by atoms with Crippen molar-refractivity contribution >= 4 is 22.9 Å². The number of nitrogens with one attached hydrogen (secondary N) is 2. The number of aryl methyl sites for hydroxylation is 3. The maximum Gasteiger partial charge on any atom is 0.259 e. The third-order valence-electron chi connectivity index (χ3n) is 4.91. The molecule has 4 aromatic rings. The molecule has 0 aliphatic heterocycles. The van der Waals surface area contributed by atoms with Gasteiger partial charge in [-0.2, -0.15) is 0 Å². The lowest BCUT2D eigenvalue weighted by molar-refractivity contribution is 0.0928. The normalized spacial score (nSPS) is 10.9. The third-order valence-corrected chi connectivity index (χ3v) is 4.91. The zero-order valence-electron chi connectivity index (χ0n) is 17.5. The van der Waals surface area contributed by atoms with Gasteiger partial charge in [0.2, 0.25) is 0 Å². The Balaban J connectivity index is 1.51. The minimum Gasteiger partial charge on any atom is -0.466 e. The maximum atomic E-state index is 13.0.